The van der Waals surface area contributed by atoms with E-state index in [1.807, 2.05) is 7.05 Å². The number of carbonyl (C=O) groups is 1. The van der Waals surface area contributed by atoms with Gasteiger partial charge in [0.25, 0.3) is 0 Å². The van der Waals surface area contributed by atoms with Gasteiger partial charge in [0.15, 0.2) is 0 Å². The molecule has 1 saturated heterocycles. The Morgan fingerprint density at radius 1 is 1.58 bits per heavy atom. The Balaban J connectivity index is 2.61. The third-order valence-corrected chi connectivity index (χ3v) is 2.15. The van der Waals surface area contributed by atoms with Gasteiger partial charge in [-0.25, -0.2) is 0 Å². The summed E-state index contributed by atoms with van der Waals surface area (Å²) in [6, 6.07) is 0. The molecule has 0 bridgehead atoms. The van der Waals surface area contributed by atoms with Gasteiger partial charge >= 0.3 is 0 Å². The summed E-state index contributed by atoms with van der Waals surface area (Å²) in [5.41, 5.74) is 1.16. The van der Waals surface area contributed by atoms with E-state index in [0.29, 0.717) is 0 Å². The third kappa shape index (κ3) is 2.00. The van der Waals surface area contributed by atoms with Gasteiger partial charge in [-0.3, -0.25) is 4.79 Å². The molecule has 0 aliphatic carbocycles. The maximum Gasteiger partial charge on any atom is 0.247 e. The van der Waals surface area contributed by atoms with E-state index in [0.717, 1.165) is 18.7 Å². The highest BCUT2D eigenvalue weighted by Gasteiger charge is 2.13. The number of allylic oxidation sites excluding steroid dienone is 1. The van der Waals surface area contributed by atoms with Crippen LogP contribution >= 0.6 is 0 Å². The van der Waals surface area contributed by atoms with Gasteiger partial charge in [-0.15, -0.1) is 0 Å². The number of amides is 1. The molecular weight excluding hydrogens is 152 g/mol. The van der Waals surface area contributed by atoms with Crippen LogP contribution in [0, 0.1) is 0 Å². The number of rotatable bonds is 1. The van der Waals surface area contributed by atoms with Crippen LogP contribution in [0.2, 0.25) is 0 Å². The molecule has 3 heteroatoms. The van der Waals surface area contributed by atoms with Gasteiger partial charge in [-0.1, -0.05) is 0 Å². The van der Waals surface area contributed by atoms with Crippen LogP contribution in [0.3, 0.4) is 0 Å². The number of likely N-dealkylation sites (N-methyl/N-ethyl adjacent to an activating group) is 1. The number of nitrogens with zero attached hydrogens (tertiary/aromatic N) is 2. The number of carbonyl (C=O) groups excluding carboxylic acids is 1. The quantitative estimate of drug-likeness (QED) is 0.538. The first kappa shape index (κ1) is 9.10. The second-order valence-corrected chi connectivity index (χ2v) is 3.39. The summed E-state index contributed by atoms with van der Waals surface area (Å²) in [4.78, 5) is 15.0. The highest BCUT2D eigenvalue weighted by Crippen LogP contribution is 2.18. The number of hydrogen-bond donors (Lipinski definition) is 0. The maximum absolute atomic E-state index is 11.3. The summed E-state index contributed by atoms with van der Waals surface area (Å²) >= 11 is 0. The summed E-state index contributed by atoms with van der Waals surface area (Å²) in [5, 5.41) is 0. The summed E-state index contributed by atoms with van der Waals surface area (Å²) in [6.45, 7) is 1.08. The smallest absolute Gasteiger partial charge is 0.247 e. The average molecular weight is 168 g/mol. The molecule has 1 heterocycles. The molecule has 0 atom stereocenters. The Morgan fingerprint density at radius 3 is 2.67 bits per heavy atom. The number of hydrogen-bond acceptors (Lipinski definition) is 2. The van der Waals surface area contributed by atoms with Crippen molar-refractivity contribution in [1.82, 2.24) is 9.80 Å². The molecule has 0 aromatic heterocycles. The Labute approximate surface area is 73.6 Å². The highest BCUT2D eigenvalue weighted by atomic mass is 16.2. The van der Waals surface area contributed by atoms with Crippen molar-refractivity contribution in [2.45, 2.75) is 12.8 Å². The largest absolute Gasteiger partial charge is 0.378 e. The van der Waals surface area contributed by atoms with Crippen LogP contribution in [0.4, 0.5) is 0 Å². The minimum atomic E-state index is 0.0822. The Kier molecular flexibility index (Phi) is 2.74. The highest BCUT2D eigenvalue weighted by molar-refractivity contribution is 5.87. The van der Waals surface area contributed by atoms with Crippen LogP contribution in [0.5, 0.6) is 0 Å². The van der Waals surface area contributed by atoms with Gasteiger partial charge in [-0.2, -0.15) is 0 Å². The molecule has 1 aliphatic heterocycles. The summed E-state index contributed by atoms with van der Waals surface area (Å²) in [7, 11) is 5.57. The minimum absolute atomic E-state index is 0.0822. The predicted octanol–water partition coefficient (Wildman–Crippen LogP) is 0.684. The topological polar surface area (TPSA) is 23.6 Å². The molecule has 0 unspecified atom stereocenters. The van der Waals surface area contributed by atoms with E-state index >= 15 is 0 Å². The molecule has 1 rings (SSSR count). The van der Waals surface area contributed by atoms with Crippen molar-refractivity contribution in [2.24, 2.45) is 0 Å². The predicted molar refractivity (Wildman–Crippen MR) is 48.6 cm³/mol. The van der Waals surface area contributed by atoms with E-state index in [9.17, 15) is 4.79 Å². The van der Waals surface area contributed by atoms with Crippen molar-refractivity contribution in [2.75, 3.05) is 27.7 Å². The normalized spacial score (nSPS) is 20.2. The monoisotopic (exact) mass is 168 g/mol. The lowest BCUT2D eigenvalue weighted by Crippen LogP contribution is -2.21. The van der Waals surface area contributed by atoms with Crippen LogP contribution in [0.1, 0.15) is 12.8 Å². The molecule has 68 valence electrons. The average Bonchev–Trinajstić information content (AvgIpc) is 2.36. The number of likely N-dealkylation sites (tertiary alicyclic amines) is 1. The first-order chi connectivity index (χ1) is 5.61. The fraction of sp³-hybridized carbons (Fsp3) is 0.667. The lowest BCUT2D eigenvalue weighted by molar-refractivity contribution is -0.123. The van der Waals surface area contributed by atoms with Crippen LogP contribution in [-0.4, -0.2) is 43.4 Å². The van der Waals surface area contributed by atoms with Crippen LogP contribution in [-0.2, 0) is 4.79 Å². The van der Waals surface area contributed by atoms with Gasteiger partial charge in [0.2, 0.25) is 5.91 Å². The molecule has 3 nitrogen and oxygen atoms in total. The third-order valence-electron chi connectivity index (χ3n) is 2.15. The van der Waals surface area contributed by atoms with Gasteiger partial charge in [0.05, 0.1) is 0 Å². The second-order valence-electron chi connectivity index (χ2n) is 3.39. The van der Waals surface area contributed by atoms with Crippen molar-refractivity contribution in [3.05, 3.63) is 11.8 Å². The zero-order valence-electron chi connectivity index (χ0n) is 8.00. The molecule has 1 aliphatic rings. The Hall–Kier alpha value is -0.990. The summed E-state index contributed by atoms with van der Waals surface area (Å²) in [6.07, 6.45) is 3.94. The molecule has 1 fully saturated rings. The second kappa shape index (κ2) is 3.61. The van der Waals surface area contributed by atoms with E-state index in [1.54, 1.807) is 25.1 Å². The lowest BCUT2D eigenvalue weighted by atomic mass is 10.3. The molecule has 12 heavy (non-hydrogen) atoms. The Morgan fingerprint density at radius 2 is 2.25 bits per heavy atom. The van der Waals surface area contributed by atoms with Crippen molar-refractivity contribution in [3.63, 3.8) is 0 Å². The van der Waals surface area contributed by atoms with Crippen molar-refractivity contribution < 1.29 is 4.79 Å². The SMILES string of the molecule is CN(C)C(=O)/C=C1/CCCN1C. The van der Waals surface area contributed by atoms with Gasteiger partial charge in [0.1, 0.15) is 0 Å². The first-order valence-corrected chi connectivity index (χ1v) is 4.24. The fourth-order valence-electron chi connectivity index (χ4n) is 1.29. The summed E-state index contributed by atoms with van der Waals surface area (Å²) in [5.74, 6) is 0.0822. The standard InChI is InChI=1S/C9H16N2O/c1-10(2)9(12)7-8-5-4-6-11(8)3/h7H,4-6H2,1-3H3/b8-7-. The van der Waals surface area contributed by atoms with Crippen LogP contribution in [0.25, 0.3) is 0 Å². The molecule has 1 amide bonds. The van der Waals surface area contributed by atoms with Gasteiger partial charge in [-0.05, 0) is 12.8 Å². The van der Waals surface area contributed by atoms with Gasteiger partial charge in [0, 0.05) is 39.5 Å². The fourth-order valence-corrected chi connectivity index (χ4v) is 1.29. The van der Waals surface area contributed by atoms with E-state index in [4.69, 9.17) is 0 Å². The minimum Gasteiger partial charge on any atom is -0.378 e. The molecule has 0 aromatic rings. The van der Waals surface area contributed by atoms with Crippen LogP contribution in [0.15, 0.2) is 11.8 Å². The molecule has 0 aromatic carbocycles. The Bertz CT molecular complexity index is 209. The molecule has 0 saturated carbocycles. The van der Waals surface area contributed by atoms with E-state index in [1.165, 1.54) is 6.42 Å². The molecular formula is C9H16N2O. The van der Waals surface area contributed by atoms with Gasteiger partial charge < -0.3 is 9.80 Å². The zero-order chi connectivity index (χ0) is 9.14. The maximum atomic E-state index is 11.3. The van der Waals surface area contributed by atoms with Crippen molar-refractivity contribution in [1.29, 1.82) is 0 Å². The lowest BCUT2D eigenvalue weighted by Gasteiger charge is -2.13. The van der Waals surface area contributed by atoms with E-state index in [-0.39, 0.29) is 5.91 Å². The summed E-state index contributed by atoms with van der Waals surface area (Å²) < 4.78 is 0. The molecule has 0 spiro atoms. The molecule has 0 radical (unpaired) electrons. The zero-order valence-corrected chi connectivity index (χ0v) is 8.00. The van der Waals surface area contributed by atoms with E-state index < -0.39 is 0 Å². The molecule has 0 N–H and O–H groups in total. The van der Waals surface area contributed by atoms with Crippen molar-refractivity contribution >= 4 is 5.91 Å². The van der Waals surface area contributed by atoms with E-state index in [2.05, 4.69) is 4.90 Å². The van der Waals surface area contributed by atoms with Crippen molar-refractivity contribution in [3.8, 4) is 0 Å². The first-order valence-electron chi connectivity index (χ1n) is 4.24. The van der Waals surface area contributed by atoms with Crippen LogP contribution < -0.4 is 0 Å².